The zero-order chi connectivity index (χ0) is 16.5. The molecule has 0 radical (unpaired) electrons. The molecule has 0 atom stereocenters. The topological polar surface area (TPSA) is 47.6 Å². The lowest BCUT2D eigenvalue weighted by Gasteiger charge is -2.13. The normalized spacial score (nSPS) is 10.2. The van der Waals surface area contributed by atoms with Gasteiger partial charge in [0, 0.05) is 12.5 Å². The Labute approximate surface area is 137 Å². The van der Waals surface area contributed by atoms with Gasteiger partial charge < -0.3 is 14.8 Å². The molecule has 0 aliphatic rings. The maximum Gasteiger partial charge on any atom is 0.224 e. The quantitative estimate of drug-likeness (QED) is 0.799. The van der Waals surface area contributed by atoms with E-state index in [-0.39, 0.29) is 5.91 Å². The number of hydrogen-bond donors (Lipinski definition) is 1. The molecule has 122 valence electrons. The predicted molar refractivity (Wildman–Crippen MR) is 92.2 cm³/mol. The number of benzene rings is 2. The maximum absolute atomic E-state index is 12.2. The first-order chi connectivity index (χ1) is 11.2. The van der Waals surface area contributed by atoms with Crippen molar-refractivity contribution in [1.29, 1.82) is 0 Å². The molecule has 1 N–H and O–H groups in total. The van der Waals surface area contributed by atoms with E-state index in [9.17, 15) is 4.79 Å². The van der Waals surface area contributed by atoms with Crippen LogP contribution in [0.2, 0.25) is 0 Å². The van der Waals surface area contributed by atoms with Crippen LogP contribution in [0.5, 0.6) is 11.5 Å². The molecule has 0 spiro atoms. The molecule has 0 aliphatic carbocycles. The summed E-state index contributed by atoms with van der Waals surface area (Å²) in [7, 11) is 0. The first kappa shape index (κ1) is 16.9. The molecule has 4 heteroatoms. The van der Waals surface area contributed by atoms with E-state index < -0.39 is 0 Å². The van der Waals surface area contributed by atoms with Crippen LogP contribution in [0.1, 0.15) is 25.8 Å². The minimum absolute atomic E-state index is 0.0385. The van der Waals surface area contributed by atoms with Crippen molar-refractivity contribution in [3.63, 3.8) is 0 Å². The molecule has 0 unspecified atom stereocenters. The zero-order valence-corrected chi connectivity index (χ0v) is 13.7. The van der Waals surface area contributed by atoms with Gasteiger partial charge in [-0.1, -0.05) is 30.3 Å². The van der Waals surface area contributed by atoms with Crippen LogP contribution >= 0.6 is 0 Å². The number of ether oxygens (including phenoxy) is 2. The van der Waals surface area contributed by atoms with Gasteiger partial charge in [0.2, 0.25) is 5.91 Å². The summed E-state index contributed by atoms with van der Waals surface area (Å²) < 4.78 is 11.0. The third-order valence-corrected chi connectivity index (χ3v) is 3.32. The highest BCUT2D eigenvalue weighted by Crippen LogP contribution is 2.29. The van der Waals surface area contributed by atoms with Crippen molar-refractivity contribution in [2.24, 2.45) is 0 Å². The Morgan fingerprint density at radius 1 is 1.00 bits per heavy atom. The number of nitrogens with one attached hydrogen (secondary N) is 1. The molecule has 0 bridgehead atoms. The van der Waals surface area contributed by atoms with Crippen molar-refractivity contribution in [1.82, 2.24) is 0 Å². The molecule has 23 heavy (non-hydrogen) atoms. The van der Waals surface area contributed by atoms with E-state index in [1.54, 1.807) is 6.07 Å². The van der Waals surface area contributed by atoms with Crippen LogP contribution < -0.4 is 14.8 Å². The van der Waals surface area contributed by atoms with E-state index >= 15 is 0 Å². The van der Waals surface area contributed by atoms with Gasteiger partial charge in [-0.25, -0.2) is 0 Å². The Bertz CT molecular complexity index is 626. The van der Waals surface area contributed by atoms with Crippen LogP contribution in [0, 0.1) is 0 Å². The van der Waals surface area contributed by atoms with Crippen LogP contribution in [0.25, 0.3) is 0 Å². The summed E-state index contributed by atoms with van der Waals surface area (Å²) in [5.41, 5.74) is 1.80. The van der Waals surface area contributed by atoms with Gasteiger partial charge in [0.1, 0.15) is 11.5 Å². The number of rotatable bonds is 8. The van der Waals surface area contributed by atoms with Crippen molar-refractivity contribution in [2.75, 3.05) is 18.5 Å². The highest BCUT2D eigenvalue weighted by Gasteiger charge is 2.10. The number of carbonyl (C=O) groups excluding carboxylic acids is 1. The van der Waals surface area contributed by atoms with Crippen LogP contribution in [0.4, 0.5) is 5.69 Å². The molecular weight excluding hydrogens is 290 g/mol. The maximum atomic E-state index is 12.2. The fourth-order valence-electron chi connectivity index (χ4n) is 2.26. The van der Waals surface area contributed by atoms with E-state index in [0.29, 0.717) is 43.2 Å². The van der Waals surface area contributed by atoms with Gasteiger partial charge in [-0.05, 0) is 38.0 Å². The number of hydrogen-bond acceptors (Lipinski definition) is 3. The second kappa shape index (κ2) is 8.83. The minimum atomic E-state index is -0.0385. The fraction of sp³-hybridized carbons (Fsp3) is 0.316. The van der Waals surface area contributed by atoms with E-state index in [2.05, 4.69) is 5.32 Å². The van der Waals surface area contributed by atoms with Gasteiger partial charge in [0.15, 0.2) is 0 Å². The van der Waals surface area contributed by atoms with Crippen molar-refractivity contribution in [3.8, 4) is 11.5 Å². The zero-order valence-electron chi connectivity index (χ0n) is 13.7. The van der Waals surface area contributed by atoms with Crippen LogP contribution in [0.15, 0.2) is 48.5 Å². The SMILES string of the molecule is CCOc1ccc(OCC)c(NC(=O)CCc2ccccc2)c1. The summed E-state index contributed by atoms with van der Waals surface area (Å²) in [6.07, 6.45) is 1.14. The van der Waals surface area contributed by atoms with Crippen molar-refractivity contribution >= 4 is 11.6 Å². The Kier molecular flexibility index (Phi) is 6.48. The average molecular weight is 313 g/mol. The van der Waals surface area contributed by atoms with Crippen molar-refractivity contribution < 1.29 is 14.3 Å². The standard InChI is InChI=1S/C19H23NO3/c1-3-22-16-11-12-18(23-4-2)17(14-16)20-19(21)13-10-15-8-6-5-7-9-15/h5-9,11-12,14H,3-4,10,13H2,1-2H3,(H,20,21). The predicted octanol–water partition coefficient (Wildman–Crippen LogP) is 4.06. The summed E-state index contributed by atoms with van der Waals surface area (Å²) in [5.74, 6) is 1.33. The van der Waals surface area contributed by atoms with Gasteiger partial charge in [0.05, 0.1) is 18.9 Å². The third-order valence-electron chi connectivity index (χ3n) is 3.32. The van der Waals surface area contributed by atoms with Gasteiger partial charge >= 0.3 is 0 Å². The summed E-state index contributed by atoms with van der Waals surface area (Å²) >= 11 is 0. The summed E-state index contributed by atoms with van der Waals surface area (Å²) in [5, 5.41) is 2.92. The monoisotopic (exact) mass is 313 g/mol. The molecule has 0 heterocycles. The van der Waals surface area contributed by atoms with E-state index in [0.717, 1.165) is 5.56 Å². The Morgan fingerprint density at radius 3 is 2.43 bits per heavy atom. The van der Waals surface area contributed by atoms with E-state index in [4.69, 9.17) is 9.47 Å². The average Bonchev–Trinajstić information content (AvgIpc) is 2.57. The summed E-state index contributed by atoms with van der Waals surface area (Å²) in [6.45, 7) is 4.96. The van der Waals surface area contributed by atoms with Crippen LogP contribution in [-0.2, 0) is 11.2 Å². The first-order valence-corrected chi connectivity index (χ1v) is 7.96. The van der Waals surface area contributed by atoms with Crippen molar-refractivity contribution in [2.45, 2.75) is 26.7 Å². The van der Waals surface area contributed by atoms with Crippen LogP contribution in [-0.4, -0.2) is 19.1 Å². The Hall–Kier alpha value is -2.49. The third kappa shape index (κ3) is 5.33. The molecule has 0 saturated carbocycles. The minimum Gasteiger partial charge on any atom is -0.494 e. The highest BCUT2D eigenvalue weighted by molar-refractivity contribution is 5.92. The Morgan fingerprint density at radius 2 is 1.74 bits per heavy atom. The summed E-state index contributed by atoms with van der Waals surface area (Å²) in [6, 6.07) is 15.4. The van der Waals surface area contributed by atoms with Gasteiger partial charge in [0.25, 0.3) is 0 Å². The van der Waals surface area contributed by atoms with Gasteiger partial charge in [-0.2, -0.15) is 0 Å². The summed E-state index contributed by atoms with van der Waals surface area (Å²) in [4.78, 5) is 12.2. The molecule has 0 aliphatic heterocycles. The molecule has 0 fully saturated rings. The largest absolute Gasteiger partial charge is 0.494 e. The van der Waals surface area contributed by atoms with Gasteiger partial charge in [-0.3, -0.25) is 4.79 Å². The lowest BCUT2D eigenvalue weighted by molar-refractivity contribution is -0.116. The molecule has 2 aromatic rings. The first-order valence-electron chi connectivity index (χ1n) is 7.96. The number of amides is 1. The number of anilines is 1. The number of aryl methyl sites for hydroxylation is 1. The molecular formula is C19H23NO3. The molecule has 0 aromatic heterocycles. The van der Waals surface area contributed by atoms with E-state index in [1.807, 2.05) is 56.3 Å². The fourth-order valence-corrected chi connectivity index (χ4v) is 2.26. The smallest absolute Gasteiger partial charge is 0.224 e. The van der Waals surface area contributed by atoms with Crippen LogP contribution in [0.3, 0.4) is 0 Å². The van der Waals surface area contributed by atoms with Gasteiger partial charge in [-0.15, -0.1) is 0 Å². The molecule has 2 aromatic carbocycles. The molecule has 0 saturated heterocycles. The second-order valence-electron chi connectivity index (χ2n) is 5.06. The lowest BCUT2D eigenvalue weighted by atomic mass is 10.1. The molecule has 4 nitrogen and oxygen atoms in total. The van der Waals surface area contributed by atoms with Crippen molar-refractivity contribution in [3.05, 3.63) is 54.1 Å². The second-order valence-corrected chi connectivity index (χ2v) is 5.06. The Balaban J connectivity index is 2.01. The highest BCUT2D eigenvalue weighted by atomic mass is 16.5. The van der Waals surface area contributed by atoms with E-state index in [1.165, 1.54) is 0 Å². The lowest BCUT2D eigenvalue weighted by Crippen LogP contribution is -2.13. The molecule has 2 rings (SSSR count). The number of carbonyl (C=O) groups is 1. The molecule has 1 amide bonds.